The van der Waals surface area contributed by atoms with Crippen molar-refractivity contribution in [2.45, 2.75) is 27.7 Å². The molecule has 0 aliphatic heterocycles. The van der Waals surface area contributed by atoms with Gasteiger partial charge in [0.1, 0.15) is 5.01 Å². The van der Waals surface area contributed by atoms with E-state index in [2.05, 4.69) is 258 Å². The lowest BCUT2D eigenvalue weighted by Crippen LogP contribution is -2.16. The van der Waals surface area contributed by atoms with Crippen LogP contribution in [0.25, 0.3) is 142 Å². The Balaban J connectivity index is 1.31. The van der Waals surface area contributed by atoms with Crippen molar-refractivity contribution in [3.63, 3.8) is 0 Å². The highest BCUT2D eigenvalue weighted by atomic mass is 32.1. The lowest BCUT2D eigenvalue weighted by atomic mass is 9.93. The van der Waals surface area contributed by atoms with Crippen LogP contribution >= 0.6 is 11.3 Å². The first-order valence-electron chi connectivity index (χ1n) is 26.4. The van der Waals surface area contributed by atoms with Gasteiger partial charge in [0.2, 0.25) is 0 Å². The lowest BCUT2D eigenvalue weighted by Gasteiger charge is -2.30. The van der Waals surface area contributed by atoms with E-state index in [1.165, 1.54) is 65.3 Å². The predicted molar refractivity (Wildman–Crippen MR) is 325 cm³/mol. The van der Waals surface area contributed by atoms with Gasteiger partial charge in [-0.25, -0.2) is 4.98 Å². The topological polar surface area (TPSA) is 45.5 Å². The minimum atomic E-state index is 0.916. The molecule has 0 fully saturated rings. The first-order valence-corrected chi connectivity index (χ1v) is 27.2. The third-order valence-corrected chi connectivity index (χ3v) is 17.1. The van der Waals surface area contributed by atoms with Gasteiger partial charge in [-0.2, -0.15) is 0 Å². The van der Waals surface area contributed by atoms with Crippen molar-refractivity contribution < 1.29 is 0 Å². The Bertz CT molecular complexity index is 5120. The first kappa shape index (κ1) is 43.8. The molecule has 16 aromatic rings. The van der Waals surface area contributed by atoms with E-state index in [1.807, 2.05) is 6.20 Å². The summed E-state index contributed by atoms with van der Waals surface area (Å²) in [5.41, 5.74) is 21.8. The van der Waals surface area contributed by atoms with Gasteiger partial charge >= 0.3 is 0 Å². The Morgan fingerprint density at radius 1 is 0.325 bits per heavy atom. The van der Waals surface area contributed by atoms with Crippen LogP contribution in [0.3, 0.4) is 0 Å². The smallest absolute Gasteiger partial charge is 0.128 e. The van der Waals surface area contributed by atoms with Gasteiger partial charge in [0.15, 0.2) is 0 Å². The molecule has 6 nitrogen and oxygen atoms in total. The van der Waals surface area contributed by atoms with Crippen LogP contribution in [0.4, 0.5) is 0 Å². The van der Waals surface area contributed by atoms with Crippen LogP contribution in [0, 0.1) is 27.7 Å². The summed E-state index contributed by atoms with van der Waals surface area (Å²) in [5, 5.41) is 10.4. The maximum Gasteiger partial charge on any atom is 0.128 e. The quantitative estimate of drug-likeness (QED) is 0.167. The van der Waals surface area contributed by atoms with Crippen LogP contribution in [0.15, 0.2) is 219 Å². The monoisotopic (exact) mass is 1000 g/mol. The van der Waals surface area contributed by atoms with E-state index in [4.69, 9.17) is 9.97 Å². The molecule has 0 unspecified atom stereocenters. The summed E-state index contributed by atoms with van der Waals surface area (Å²) < 4.78 is 11.5. The summed E-state index contributed by atoms with van der Waals surface area (Å²) in [6, 6.07) is 76.8. The van der Waals surface area contributed by atoms with Crippen LogP contribution in [0.1, 0.15) is 22.3 Å². The van der Waals surface area contributed by atoms with Gasteiger partial charge in [-0.15, -0.1) is 11.3 Å². The molecule has 0 aliphatic carbocycles. The van der Waals surface area contributed by atoms with E-state index < -0.39 is 0 Å². The number of rotatable bonds is 6. The molecular formula is C70H48N6S. The molecule has 0 aliphatic rings. The van der Waals surface area contributed by atoms with Crippen LogP contribution in [-0.4, -0.2) is 28.2 Å². The Kier molecular flexibility index (Phi) is 9.37. The summed E-state index contributed by atoms with van der Waals surface area (Å²) >= 11 is 1.76. The standard InChI is InChI=1S/C70H48N6S/c1-41-27-31-59-50(36-41)46-17-5-10-22-55(46)73(59)66-64(45-16-15-35-71-40-45)67(74-56-23-11-6-18-47(56)51-37-42(2)28-32-60(51)74)69(76-58-25-13-8-20-49(58)53-39-44(4)30-34-62(53)76)68(65(66)70-72-54-21-9-14-26-63(54)77-70)75-57-24-12-7-19-48(57)52-38-43(3)29-33-61(52)75/h5-40H,1-4H3. The van der Waals surface area contributed by atoms with Crippen molar-refractivity contribution in [3.8, 4) is 44.4 Å². The third kappa shape index (κ3) is 6.29. The second-order valence-electron chi connectivity index (χ2n) is 20.9. The Labute approximate surface area is 447 Å². The molecule has 0 bridgehead atoms. The molecular weight excluding hydrogens is 957 g/mol. The fourth-order valence-corrected chi connectivity index (χ4v) is 13.9. The van der Waals surface area contributed by atoms with Crippen molar-refractivity contribution in [3.05, 3.63) is 241 Å². The van der Waals surface area contributed by atoms with E-state index >= 15 is 0 Å². The van der Waals surface area contributed by atoms with Crippen molar-refractivity contribution in [2.75, 3.05) is 0 Å². The van der Waals surface area contributed by atoms with E-state index in [0.29, 0.717) is 0 Å². The molecule has 6 heterocycles. The zero-order chi connectivity index (χ0) is 51.2. The first-order chi connectivity index (χ1) is 37.9. The van der Waals surface area contributed by atoms with E-state index in [0.717, 1.165) is 98.8 Å². The van der Waals surface area contributed by atoms with Gasteiger partial charge in [0.05, 0.1) is 82.7 Å². The summed E-state index contributed by atoms with van der Waals surface area (Å²) in [6.07, 6.45) is 3.97. The molecule has 6 aromatic heterocycles. The van der Waals surface area contributed by atoms with Crippen molar-refractivity contribution in [1.29, 1.82) is 0 Å². The van der Waals surface area contributed by atoms with Crippen LogP contribution in [-0.2, 0) is 0 Å². The van der Waals surface area contributed by atoms with Crippen molar-refractivity contribution >= 4 is 109 Å². The summed E-state index contributed by atoms with van der Waals surface area (Å²) in [6.45, 7) is 8.81. The number of para-hydroxylation sites is 5. The molecule has 77 heavy (non-hydrogen) atoms. The van der Waals surface area contributed by atoms with E-state index in [9.17, 15) is 0 Å². The number of thiazole rings is 1. The molecule has 0 N–H and O–H groups in total. The number of fused-ring (bicyclic) bond motifs is 13. The molecule has 0 amide bonds. The lowest BCUT2D eigenvalue weighted by molar-refractivity contribution is 1.04. The zero-order valence-corrected chi connectivity index (χ0v) is 43.7. The minimum absolute atomic E-state index is 0.916. The molecule has 0 radical (unpaired) electrons. The Hall–Kier alpha value is -9.56. The largest absolute Gasteiger partial charge is 0.308 e. The van der Waals surface area contributed by atoms with Gasteiger partial charge in [-0.05, 0) is 119 Å². The van der Waals surface area contributed by atoms with Crippen molar-refractivity contribution in [2.24, 2.45) is 0 Å². The van der Waals surface area contributed by atoms with Gasteiger partial charge in [0, 0.05) is 66.6 Å². The zero-order valence-electron chi connectivity index (χ0n) is 42.9. The highest BCUT2D eigenvalue weighted by molar-refractivity contribution is 7.21. The number of hydrogen-bond donors (Lipinski definition) is 0. The van der Waals surface area contributed by atoms with Gasteiger partial charge in [0.25, 0.3) is 0 Å². The average molecular weight is 1010 g/mol. The second kappa shape index (κ2) is 16.5. The van der Waals surface area contributed by atoms with Crippen LogP contribution in [0.5, 0.6) is 0 Å². The average Bonchev–Trinajstić information content (AvgIpc) is 4.47. The SMILES string of the molecule is Cc1ccc2c(c1)c1ccccc1n2-c1c(-c2cccnc2)c(-n2c3ccccc3c3cc(C)ccc32)c(-n2c3ccccc3c3cc(C)ccc32)c(-n2c3ccccc3c3cc(C)ccc32)c1-c1nc2ccccc2s1. The number of hydrogen-bond acceptors (Lipinski definition) is 3. The van der Waals surface area contributed by atoms with Gasteiger partial charge in [-0.3, -0.25) is 4.98 Å². The summed E-state index contributed by atoms with van der Waals surface area (Å²) in [5.74, 6) is 0. The van der Waals surface area contributed by atoms with Crippen molar-refractivity contribution in [1.82, 2.24) is 28.2 Å². The molecule has 7 heteroatoms. The fourth-order valence-electron chi connectivity index (χ4n) is 12.8. The second-order valence-corrected chi connectivity index (χ2v) is 21.9. The Morgan fingerprint density at radius 3 is 1.13 bits per heavy atom. The Morgan fingerprint density at radius 2 is 0.701 bits per heavy atom. The maximum atomic E-state index is 5.83. The number of pyridine rings is 1. The highest BCUT2D eigenvalue weighted by Crippen LogP contribution is 2.55. The summed E-state index contributed by atoms with van der Waals surface area (Å²) in [7, 11) is 0. The number of aromatic nitrogens is 6. The molecule has 0 spiro atoms. The van der Waals surface area contributed by atoms with E-state index in [-0.39, 0.29) is 0 Å². The summed E-state index contributed by atoms with van der Waals surface area (Å²) in [4.78, 5) is 10.9. The molecule has 0 saturated carbocycles. The van der Waals surface area contributed by atoms with Crippen LogP contribution < -0.4 is 0 Å². The van der Waals surface area contributed by atoms with E-state index in [1.54, 1.807) is 11.3 Å². The number of benzene rings is 10. The number of aryl methyl sites for hydroxylation is 4. The molecule has 0 saturated heterocycles. The van der Waals surface area contributed by atoms with Gasteiger partial charge < -0.3 is 18.3 Å². The normalized spacial score (nSPS) is 12.2. The highest BCUT2D eigenvalue weighted by Gasteiger charge is 2.36. The number of nitrogens with zero attached hydrogens (tertiary/aromatic N) is 6. The van der Waals surface area contributed by atoms with Gasteiger partial charge in [-0.1, -0.05) is 138 Å². The maximum absolute atomic E-state index is 5.83. The minimum Gasteiger partial charge on any atom is -0.308 e. The molecule has 16 rings (SSSR count). The molecule has 10 aromatic carbocycles. The molecule has 0 atom stereocenters. The van der Waals surface area contributed by atoms with Crippen LogP contribution in [0.2, 0.25) is 0 Å². The fraction of sp³-hybridized carbons (Fsp3) is 0.0571. The molecule has 364 valence electrons. The predicted octanol–water partition coefficient (Wildman–Crippen LogP) is 18.6. The third-order valence-electron chi connectivity index (χ3n) is 16.1.